The number of hydrogen-bond acceptors (Lipinski definition) is 6. The number of amides is 2. The fraction of sp³-hybridized carbons (Fsp3) is 0.741. The summed E-state index contributed by atoms with van der Waals surface area (Å²) in [5.74, 6) is -1.98. The maximum atomic E-state index is 14.3. The molecule has 1 spiro atoms. The topological polar surface area (TPSA) is 87.2 Å². The predicted molar refractivity (Wildman–Crippen MR) is 137 cm³/mol. The van der Waals surface area contributed by atoms with E-state index >= 15 is 0 Å². The van der Waals surface area contributed by atoms with Crippen molar-refractivity contribution in [1.29, 1.82) is 0 Å². The Bertz CT molecular complexity index is 891. The van der Waals surface area contributed by atoms with E-state index in [1.165, 1.54) is 0 Å². The number of hydrogen-bond donors (Lipinski definition) is 1. The molecule has 0 aromatic heterocycles. The van der Waals surface area contributed by atoms with Crippen LogP contribution in [0.2, 0.25) is 0 Å². The molecule has 7 nitrogen and oxygen atoms in total. The van der Waals surface area contributed by atoms with E-state index in [-0.39, 0.29) is 41.6 Å². The van der Waals surface area contributed by atoms with E-state index in [2.05, 4.69) is 19.9 Å². The van der Waals surface area contributed by atoms with Crippen molar-refractivity contribution < 1.29 is 24.2 Å². The van der Waals surface area contributed by atoms with Gasteiger partial charge in [0.15, 0.2) is 0 Å². The van der Waals surface area contributed by atoms with E-state index in [0.29, 0.717) is 13.2 Å². The number of rotatable bonds is 7. The summed E-state index contributed by atoms with van der Waals surface area (Å²) in [6.45, 7) is 8.80. The Morgan fingerprint density at radius 3 is 2.66 bits per heavy atom. The summed E-state index contributed by atoms with van der Waals surface area (Å²) in [7, 11) is 0. The van der Waals surface area contributed by atoms with Crippen molar-refractivity contribution in [2.45, 2.75) is 87.9 Å². The van der Waals surface area contributed by atoms with Crippen molar-refractivity contribution in [1.82, 2.24) is 9.80 Å². The molecule has 2 fully saturated rings. The average molecular weight is 505 g/mol. The number of aliphatic hydroxyl groups is 1. The molecule has 4 aliphatic heterocycles. The molecule has 2 unspecified atom stereocenters. The summed E-state index contributed by atoms with van der Waals surface area (Å²) in [6, 6.07) is -1.21. The van der Waals surface area contributed by atoms with E-state index in [0.717, 1.165) is 32.1 Å². The van der Waals surface area contributed by atoms with Crippen molar-refractivity contribution in [3.05, 3.63) is 24.3 Å². The summed E-state index contributed by atoms with van der Waals surface area (Å²) in [6.07, 6.45) is 12.3. The molecule has 0 aliphatic carbocycles. The second-order valence-electron chi connectivity index (χ2n) is 10.5. The highest BCUT2D eigenvalue weighted by molar-refractivity contribution is 8.02. The van der Waals surface area contributed by atoms with Gasteiger partial charge in [0.25, 0.3) is 0 Å². The molecule has 8 heteroatoms. The van der Waals surface area contributed by atoms with Crippen LogP contribution in [0.15, 0.2) is 24.3 Å². The van der Waals surface area contributed by atoms with Gasteiger partial charge in [-0.05, 0) is 32.1 Å². The molecule has 0 aromatic rings. The van der Waals surface area contributed by atoms with Crippen molar-refractivity contribution in [3.8, 4) is 0 Å². The van der Waals surface area contributed by atoms with Gasteiger partial charge >= 0.3 is 5.97 Å². The molecule has 0 aromatic carbocycles. The largest absolute Gasteiger partial charge is 0.465 e. The molecule has 0 radical (unpaired) electrons. The Kier molecular flexibility index (Phi) is 8.01. The minimum absolute atomic E-state index is 0.00884. The number of nitrogens with zero attached hydrogens (tertiary/aromatic N) is 2. The van der Waals surface area contributed by atoms with Crippen LogP contribution in [0.4, 0.5) is 0 Å². The van der Waals surface area contributed by atoms with Gasteiger partial charge in [-0.1, -0.05) is 57.9 Å². The molecule has 0 saturated carbocycles. The molecular weight excluding hydrogens is 464 g/mol. The highest BCUT2D eigenvalue weighted by atomic mass is 32.2. The van der Waals surface area contributed by atoms with Gasteiger partial charge in [0.1, 0.15) is 6.04 Å². The van der Waals surface area contributed by atoms with Gasteiger partial charge in [-0.25, -0.2) is 0 Å². The molecule has 2 amide bonds. The van der Waals surface area contributed by atoms with Crippen molar-refractivity contribution in [3.63, 3.8) is 0 Å². The van der Waals surface area contributed by atoms with Gasteiger partial charge in [0, 0.05) is 17.8 Å². The van der Waals surface area contributed by atoms with Crippen LogP contribution in [-0.2, 0) is 19.1 Å². The first-order valence-corrected chi connectivity index (χ1v) is 14.1. The number of allylic oxidation sites excluding steroid dienone is 1. The summed E-state index contributed by atoms with van der Waals surface area (Å²) in [5.41, 5.74) is 0. The number of esters is 1. The molecular formula is C27H40N2O5S. The first kappa shape index (κ1) is 26.3. The highest BCUT2D eigenvalue weighted by Gasteiger charge is 2.72. The highest BCUT2D eigenvalue weighted by Crippen LogP contribution is 2.61. The van der Waals surface area contributed by atoms with Crippen LogP contribution in [-0.4, -0.2) is 80.6 Å². The van der Waals surface area contributed by atoms with Crippen LogP contribution in [0.25, 0.3) is 0 Å². The van der Waals surface area contributed by atoms with E-state index in [4.69, 9.17) is 4.74 Å². The maximum Gasteiger partial charge on any atom is 0.311 e. The predicted octanol–water partition coefficient (Wildman–Crippen LogP) is 3.17. The lowest BCUT2D eigenvalue weighted by Gasteiger charge is -2.41. The minimum atomic E-state index is -0.867. The summed E-state index contributed by atoms with van der Waals surface area (Å²) in [5, 5.41) is 10.2. The molecule has 4 heterocycles. The minimum Gasteiger partial charge on any atom is -0.465 e. The smallest absolute Gasteiger partial charge is 0.311 e. The molecule has 8 atom stereocenters. The standard InChI is InChI=1S/C27H40N2O5S/c1-5-11-18(4)28-14-10-13-27-22(21-20(35-27)12-8-7-9-15-34-26(21)33)24(31)29(23(27)25(28)32)19(16-30)17(3)6-2/h8,10,12-13,17-23,30H,5-7,9,11,14-16H2,1-4H3/b12-8-/t17-,18?,19-,20-,21+,22-,23?,27-/m0/s1. The Labute approximate surface area is 213 Å². The third-order valence-corrected chi connectivity index (χ3v) is 10.1. The van der Waals surface area contributed by atoms with Crippen LogP contribution in [0, 0.1) is 17.8 Å². The zero-order valence-electron chi connectivity index (χ0n) is 21.4. The zero-order chi connectivity index (χ0) is 25.3. The van der Waals surface area contributed by atoms with Crippen LogP contribution in [0.3, 0.4) is 0 Å². The van der Waals surface area contributed by atoms with Gasteiger partial charge in [-0.2, -0.15) is 0 Å². The number of fused-ring (bicyclic) bond motifs is 2. The lowest BCUT2D eigenvalue weighted by molar-refractivity contribution is -0.154. The van der Waals surface area contributed by atoms with Gasteiger partial charge in [0.2, 0.25) is 11.8 Å². The number of thioether (sulfide) groups is 1. The Balaban J connectivity index is 1.85. The third kappa shape index (κ3) is 4.35. The van der Waals surface area contributed by atoms with E-state index in [1.54, 1.807) is 16.7 Å². The van der Waals surface area contributed by atoms with Gasteiger partial charge in [-0.15, -0.1) is 11.8 Å². The van der Waals surface area contributed by atoms with Crippen LogP contribution in [0.1, 0.15) is 59.8 Å². The first-order chi connectivity index (χ1) is 16.8. The van der Waals surface area contributed by atoms with Crippen LogP contribution >= 0.6 is 11.8 Å². The Morgan fingerprint density at radius 2 is 1.97 bits per heavy atom. The van der Waals surface area contributed by atoms with Gasteiger partial charge in [0.05, 0.1) is 35.8 Å². The number of carbonyl (C=O) groups excluding carboxylic acids is 3. The molecule has 35 heavy (non-hydrogen) atoms. The maximum absolute atomic E-state index is 14.3. The number of likely N-dealkylation sites (tertiary alicyclic amines) is 1. The quantitative estimate of drug-likeness (QED) is 0.423. The molecule has 4 aliphatic rings. The lowest BCUT2D eigenvalue weighted by atomic mass is 9.78. The SMILES string of the molecule is CCCC(C)N1CC=C[C@]23S[C@H]4/C=C\CCCOC(=O)[C@H]4[C@H]2C(=O)N([C@@H](CO)[C@@H](C)CC)C3C1=O. The first-order valence-electron chi connectivity index (χ1n) is 13.2. The summed E-state index contributed by atoms with van der Waals surface area (Å²) >= 11 is 1.57. The second-order valence-corrected chi connectivity index (χ2v) is 12.0. The average Bonchev–Trinajstić information content (AvgIpc) is 3.24. The lowest BCUT2D eigenvalue weighted by Crippen LogP contribution is -2.58. The van der Waals surface area contributed by atoms with E-state index < -0.39 is 28.7 Å². The molecule has 1 N–H and O–H groups in total. The van der Waals surface area contributed by atoms with E-state index in [9.17, 15) is 19.5 Å². The van der Waals surface area contributed by atoms with Crippen LogP contribution in [0.5, 0.6) is 0 Å². The molecule has 2 saturated heterocycles. The van der Waals surface area contributed by atoms with Crippen molar-refractivity contribution in [2.24, 2.45) is 17.8 Å². The molecule has 0 bridgehead atoms. The number of cyclic esters (lactones) is 1. The van der Waals surface area contributed by atoms with Gasteiger partial charge < -0.3 is 19.6 Å². The van der Waals surface area contributed by atoms with E-state index in [1.807, 2.05) is 37.0 Å². The molecule has 4 rings (SSSR count). The third-order valence-electron chi connectivity index (χ3n) is 8.40. The number of carbonyl (C=O) groups is 3. The monoisotopic (exact) mass is 504 g/mol. The Morgan fingerprint density at radius 1 is 1.20 bits per heavy atom. The molecule has 194 valence electrons. The number of ether oxygens (including phenoxy) is 1. The summed E-state index contributed by atoms with van der Waals surface area (Å²) in [4.78, 5) is 45.4. The van der Waals surface area contributed by atoms with Crippen LogP contribution < -0.4 is 0 Å². The normalized spacial score (nSPS) is 36.2. The fourth-order valence-electron chi connectivity index (χ4n) is 6.35. The summed E-state index contributed by atoms with van der Waals surface area (Å²) < 4.78 is 4.75. The fourth-order valence-corrected chi connectivity index (χ4v) is 8.34. The Hall–Kier alpha value is -1.80. The second kappa shape index (κ2) is 10.7. The van der Waals surface area contributed by atoms with Gasteiger partial charge in [-0.3, -0.25) is 14.4 Å². The van der Waals surface area contributed by atoms with Crippen molar-refractivity contribution >= 4 is 29.5 Å². The van der Waals surface area contributed by atoms with Crippen molar-refractivity contribution in [2.75, 3.05) is 19.8 Å². The number of aliphatic hydroxyl groups excluding tert-OH is 1. The zero-order valence-corrected chi connectivity index (χ0v) is 22.2.